The zero-order valence-corrected chi connectivity index (χ0v) is 12.9. The summed E-state index contributed by atoms with van der Waals surface area (Å²) in [4.78, 5) is 13.3. The third-order valence-corrected chi connectivity index (χ3v) is 4.31. The topological polar surface area (TPSA) is 56.5 Å². The molecule has 0 saturated heterocycles. The van der Waals surface area contributed by atoms with Crippen LogP contribution in [0.5, 0.6) is 0 Å². The average molecular weight is 312 g/mol. The van der Waals surface area contributed by atoms with E-state index in [1.807, 2.05) is 35.0 Å². The van der Waals surface area contributed by atoms with E-state index in [2.05, 4.69) is 27.1 Å². The quantitative estimate of drug-likeness (QED) is 0.580. The fraction of sp³-hybridized carbons (Fsp3) is 0.158. The van der Waals surface area contributed by atoms with Gasteiger partial charge in [-0.3, -0.25) is 4.98 Å². The molecule has 1 saturated carbocycles. The molecule has 3 aromatic heterocycles. The lowest BCUT2D eigenvalue weighted by Crippen LogP contribution is -2.03. The van der Waals surface area contributed by atoms with Crippen LogP contribution >= 0.6 is 0 Å². The van der Waals surface area contributed by atoms with Crippen LogP contribution in [0.1, 0.15) is 24.5 Å². The molecule has 5 heteroatoms. The summed E-state index contributed by atoms with van der Waals surface area (Å²) < 4.78 is 1.82. The molecule has 3 heterocycles. The highest BCUT2D eigenvalue weighted by Crippen LogP contribution is 2.42. The first kappa shape index (κ1) is 13.4. The van der Waals surface area contributed by atoms with Gasteiger partial charge < -0.3 is 0 Å². The van der Waals surface area contributed by atoms with Crippen molar-refractivity contribution in [2.75, 3.05) is 0 Å². The Bertz CT molecular complexity index is 1000. The van der Waals surface area contributed by atoms with Gasteiger partial charge in [0.1, 0.15) is 0 Å². The average Bonchev–Trinajstić information content (AvgIpc) is 3.43. The van der Waals surface area contributed by atoms with Crippen molar-refractivity contribution in [3.8, 4) is 17.2 Å². The molecule has 1 aliphatic rings. The Hall–Kier alpha value is -3.08. The summed E-state index contributed by atoms with van der Waals surface area (Å²) in [6.07, 6.45) is 7.78. The summed E-state index contributed by atoms with van der Waals surface area (Å²) in [6, 6.07) is 14.9. The van der Waals surface area contributed by atoms with Crippen LogP contribution < -0.4 is 0 Å². The van der Waals surface area contributed by atoms with E-state index in [-0.39, 0.29) is 0 Å². The summed E-state index contributed by atoms with van der Waals surface area (Å²) >= 11 is 0. The zero-order valence-electron chi connectivity index (χ0n) is 12.9. The summed E-state index contributed by atoms with van der Waals surface area (Å²) in [5.74, 6) is 1.15. The summed E-state index contributed by atoms with van der Waals surface area (Å²) in [5.41, 5.74) is 3.91. The van der Waals surface area contributed by atoms with Crippen molar-refractivity contribution in [2.24, 2.45) is 0 Å². The Morgan fingerprint density at radius 3 is 2.67 bits per heavy atom. The van der Waals surface area contributed by atoms with E-state index in [1.165, 1.54) is 18.2 Å². The SMILES string of the molecule is [c]1ccc2c(C3CC3)nn(-c3ncc(-c4ccccn4)cn3)c2c1. The van der Waals surface area contributed by atoms with Crippen molar-refractivity contribution in [1.29, 1.82) is 0 Å². The summed E-state index contributed by atoms with van der Waals surface area (Å²) in [7, 11) is 0. The number of benzene rings is 1. The second-order valence-electron chi connectivity index (χ2n) is 6.00. The largest absolute Gasteiger partial charge is 0.256 e. The van der Waals surface area contributed by atoms with E-state index in [0.717, 1.165) is 22.5 Å². The number of pyridine rings is 1. The minimum Gasteiger partial charge on any atom is -0.256 e. The van der Waals surface area contributed by atoms with Gasteiger partial charge in [-0.05, 0) is 37.1 Å². The van der Waals surface area contributed by atoms with E-state index in [1.54, 1.807) is 18.6 Å². The number of fused-ring (bicyclic) bond motifs is 1. The summed E-state index contributed by atoms with van der Waals surface area (Å²) in [6.45, 7) is 0. The predicted molar refractivity (Wildman–Crippen MR) is 90.7 cm³/mol. The van der Waals surface area contributed by atoms with E-state index in [4.69, 9.17) is 5.10 Å². The molecule has 0 amide bonds. The van der Waals surface area contributed by atoms with Crippen LogP contribution in [-0.2, 0) is 0 Å². The van der Waals surface area contributed by atoms with Crippen molar-refractivity contribution in [2.45, 2.75) is 18.8 Å². The molecular weight excluding hydrogens is 298 g/mol. The van der Waals surface area contributed by atoms with Gasteiger partial charge in [-0.1, -0.05) is 18.2 Å². The fourth-order valence-corrected chi connectivity index (χ4v) is 2.94. The molecule has 1 radical (unpaired) electrons. The molecular formula is C19H14N5. The molecule has 1 fully saturated rings. The Kier molecular flexibility index (Phi) is 2.91. The second kappa shape index (κ2) is 5.23. The van der Waals surface area contributed by atoms with Crippen LogP contribution in [0.4, 0.5) is 0 Å². The molecule has 1 aromatic carbocycles. The van der Waals surface area contributed by atoms with Crippen LogP contribution in [0.2, 0.25) is 0 Å². The van der Waals surface area contributed by atoms with Crippen LogP contribution in [0.3, 0.4) is 0 Å². The van der Waals surface area contributed by atoms with Crippen LogP contribution in [-0.4, -0.2) is 24.7 Å². The molecule has 1 aliphatic carbocycles. The maximum absolute atomic E-state index is 4.78. The summed E-state index contributed by atoms with van der Waals surface area (Å²) in [5, 5.41) is 5.95. The maximum Gasteiger partial charge on any atom is 0.251 e. The van der Waals surface area contributed by atoms with Gasteiger partial charge in [0.25, 0.3) is 5.95 Å². The minimum absolute atomic E-state index is 0.573. The third-order valence-electron chi connectivity index (χ3n) is 4.31. The number of rotatable bonds is 3. The van der Waals surface area contributed by atoms with Crippen LogP contribution in [0.25, 0.3) is 28.1 Å². The Morgan fingerprint density at radius 1 is 1.04 bits per heavy atom. The van der Waals surface area contributed by atoms with Crippen molar-refractivity contribution >= 4 is 10.9 Å². The van der Waals surface area contributed by atoms with E-state index in [0.29, 0.717) is 11.9 Å². The lowest BCUT2D eigenvalue weighted by molar-refractivity contribution is 0.802. The Morgan fingerprint density at radius 2 is 1.92 bits per heavy atom. The van der Waals surface area contributed by atoms with Gasteiger partial charge in [0, 0.05) is 35.5 Å². The molecule has 0 N–H and O–H groups in total. The number of nitrogens with zero attached hydrogens (tertiary/aromatic N) is 5. The van der Waals surface area contributed by atoms with E-state index < -0.39 is 0 Å². The number of hydrogen-bond donors (Lipinski definition) is 0. The first-order valence-electron chi connectivity index (χ1n) is 8.03. The standard InChI is InChI=1S/C19H14N5/c1-2-7-17-15(5-1)18(13-8-9-13)23-24(17)19-21-11-14(12-22-19)16-6-3-4-10-20-16/h1,3-7,10-13H,8-9H2. The molecule has 24 heavy (non-hydrogen) atoms. The van der Waals surface area contributed by atoms with Gasteiger partial charge in [-0.2, -0.15) is 9.78 Å². The van der Waals surface area contributed by atoms with Crippen molar-refractivity contribution in [3.05, 3.63) is 66.7 Å². The third kappa shape index (κ3) is 2.17. The fourth-order valence-electron chi connectivity index (χ4n) is 2.94. The molecule has 0 bridgehead atoms. The molecule has 0 atom stereocenters. The van der Waals surface area contributed by atoms with E-state index >= 15 is 0 Å². The van der Waals surface area contributed by atoms with Crippen molar-refractivity contribution in [3.63, 3.8) is 0 Å². The highest BCUT2D eigenvalue weighted by Gasteiger charge is 2.29. The highest BCUT2D eigenvalue weighted by molar-refractivity contribution is 5.83. The number of aromatic nitrogens is 5. The smallest absolute Gasteiger partial charge is 0.251 e. The molecule has 5 nitrogen and oxygen atoms in total. The second-order valence-corrected chi connectivity index (χ2v) is 6.00. The van der Waals surface area contributed by atoms with E-state index in [9.17, 15) is 0 Å². The molecule has 5 rings (SSSR count). The predicted octanol–water partition coefficient (Wildman–Crippen LogP) is 3.56. The van der Waals surface area contributed by atoms with Gasteiger partial charge in [-0.25, -0.2) is 9.97 Å². The monoisotopic (exact) mass is 312 g/mol. The normalized spacial score (nSPS) is 14.2. The first-order chi connectivity index (χ1) is 11.9. The van der Waals surface area contributed by atoms with Gasteiger partial charge in [0.2, 0.25) is 0 Å². The Labute approximate surface area is 139 Å². The zero-order chi connectivity index (χ0) is 15.9. The molecule has 0 aliphatic heterocycles. The van der Waals surface area contributed by atoms with Crippen molar-refractivity contribution < 1.29 is 0 Å². The lowest BCUT2D eigenvalue weighted by atomic mass is 10.1. The molecule has 4 aromatic rings. The van der Waals surface area contributed by atoms with Crippen molar-refractivity contribution in [1.82, 2.24) is 24.7 Å². The van der Waals surface area contributed by atoms with Crippen LogP contribution in [0.15, 0.2) is 55.0 Å². The van der Waals surface area contributed by atoms with Gasteiger partial charge in [-0.15, -0.1) is 0 Å². The maximum atomic E-state index is 4.78. The van der Waals surface area contributed by atoms with Gasteiger partial charge in [0.05, 0.1) is 16.9 Å². The first-order valence-corrected chi connectivity index (χ1v) is 8.03. The molecule has 115 valence electrons. The van der Waals surface area contributed by atoms with Gasteiger partial charge in [0.15, 0.2) is 0 Å². The minimum atomic E-state index is 0.573. The molecule has 0 unspecified atom stereocenters. The highest BCUT2D eigenvalue weighted by atomic mass is 15.4. The molecule has 0 spiro atoms. The lowest BCUT2D eigenvalue weighted by Gasteiger charge is -2.03. The van der Waals surface area contributed by atoms with Crippen LogP contribution in [0, 0.1) is 6.07 Å². The van der Waals surface area contributed by atoms with Gasteiger partial charge >= 0.3 is 0 Å². The number of hydrogen-bond acceptors (Lipinski definition) is 4. The Balaban J connectivity index is 1.60.